The van der Waals surface area contributed by atoms with Crippen LogP contribution in [0.1, 0.15) is 20.8 Å². The number of fused-ring (bicyclic) bond motifs is 1. The summed E-state index contributed by atoms with van der Waals surface area (Å²) >= 11 is 0. The predicted octanol–water partition coefficient (Wildman–Crippen LogP) is 1.71. The first-order valence-corrected chi connectivity index (χ1v) is 5.48. The van der Waals surface area contributed by atoms with Gasteiger partial charge in [-0.15, -0.1) is 0 Å². The summed E-state index contributed by atoms with van der Waals surface area (Å²) in [5, 5.41) is 9.69. The van der Waals surface area contributed by atoms with E-state index in [1.807, 2.05) is 0 Å². The summed E-state index contributed by atoms with van der Waals surface area (Å²) in [6, 6.07) is 3.28. The van der Waals surface area contributed by atoms with Gasteiger partial charge in [-0.2, -0.15) is 0 Å². The van der Waals surface area contributed by atoms with E-state index in [9.17, 15) is 14.7 Å². The van der Waals surface area contributed by atoms with Crippen LogP contribution >= 0.6 is 0 Å². The monoisotopic (exact) mass is 263 g/mol. The van der Waals surface area contributed by atoms with E-state index >= 15 is 0 Å². The van der Waals surface area contributed by atoms with Gasteiger partial charge < -0.3 is 19.1 Å². The minimum absolute atomic E-state index is 0.0726. The summed E-state index contributed by atoms with van der Waals surface area (Å²) in [5.74, 6) is -0.235. The Morgan fingerprint density at radius 2 is 2.00 bits per heavy atom. The van der Waals surface area contributed by atoms with Crippen molar-refractivity contribution in [2.75, 3.05) is 14.2 Å². The number of hydrogen-bond donors (Lipinski definition) is 1. The van der Waals surface area contributed by atoms with Crippen molar-refractivity contribution in [2.24, 2.45) is 7.05 Å². The van der Waals surface area contributed by atoms with E-state index in [-0.39, 0.29) is 11.3 Å². The van der Waals surface area contributed by atoms with Crippen LogP contribution in [0.3, 0.4) is 0 Å². The molecule has 6 heteroatoms. The summed E-state index contributed by atoms with van der Waals surface area (Å²) in [5.41, 5.74) is 0.594. The molecule has 2 aromatic rings. The van der Waals surface area contributed by atoms with E-state index in [1.165, 1.54) is 18.8 Å². The van der Waals surface area contributed by atoms with Crippen LogP contribution in [0.25, 0.3) is 10.9 Å². The number of rotatable bonds is 4. The van der Waals surface area contributed by atoms with Gasteiger partial charge >= 0.3 is 5.97 Å². The quantitative estimate of drug-likeness (QED) is 0.849. The molecule has 19 heavy (non-hydrogen) atoms. The highest BCUT2D eigenvalue weighted by atomic mass is 16.5. The SMILES string of the molecule is COc1cc(OC)c2c(C=O)c(C(=O)O)n(C)c2c1. The van der Waals surface area contributed by atoms with E-state index in [2.05, 4.69) is 0 Å². The molecule has 0 atom stereocenters. The molecule has 0 unspecified atom stereocenters. The van der Waals surface area contributed by atoms with Crippen molar-refractivity contribution in [3.05, 3.63) is 23.4 Å². The summed E-state index contributed by atoms with van der Waals surface area (Å²) in [4.78, 5) is 22.5. The molecule has 0 amide bonds. The highest BCUT2D eigenvalue weighted by Gasteiger charge is 2.23. The summed E-state index contributed by atoms with van der Waals surface area (Å²) in [6.07, 6.45) is 0.529. The average molecular weight is 263 g/mol. The molecule has 0 aliphatic rings. The zero-order valence-electron chi connectivity index (χ0n) is 10.8. The standard InChI is InChI=1S/C13H13NO5/c1-14-9-4-7(18-2)5-10(19-3)11(9)8(6-15)12(14)13(16)17/h4-6H,1-3H3,(H,16,17). The second-order valence-electron chi connectivity index (χ2n) is 3.97. The molecule has 0 bridgehead atoms. The Morgan fingerprint density at radius 1 is 1.32 bits per heavy atom. The van der Waals surface area contributed by atoms with Crippen molar-refractivity contribution in [3.63, 3.8) is 0 Å². The van der Waals surface area contributed by atoms with Gasteiger partial charge in [0.15, 0.2) is 6.29 Å². The smallest absolute Gasteiger partial charge is 0.353 e. The first-order valence-electron chi connectivity index (χ1n) is 5.48. The third-order valence-electron chi connectivity index (χ3n) is 3.05. The predicted molar refractivity (Wildman–Crippen MR) is 68.4 cm³/mol. The molecule has 0 fully saturated rings. The number of carboxylic acid groups (broad SMARTS) is 1. The number of nitrogens with zero attached hydrogens (tertiary/aromatic N) is 1. The third-order valence-corrected chi connectivity index (χ3v) is 3.05. The number of carbonyl (C=O) groups is 2. The van der Waals surface area contributed by atoms with Crippen LogP contribution in [0.5, 0.6) is 11.5 Å². The molecule has 100 valence electrons. The number of aldehydes is 1. The van der Waals surface area contributed by atoms with Gasteiger partial charge in [0.2, 0.25) is 0 Å². The molecular formula is C13H13NO5. The maximum absolute atomic E-state index is 11.3. The lowest BCUT2D eigenvalue weighted by atomic mass is 10.1. The lowest BCUT2D eigenvalue weighted by Crippen LogP contribution is -2.06. The maximum atomic E-state index is 11.3. The minimum Gasteiger partial charge on any atom is -0.497 e. The lowest BCUT2D eigenvalue weighted by molar-refractivity contribution is 0.0684. The Morgan fingerprint density at radius 3 is 2.47 bits per heavy atom. The molecule has 0 aliphatic heterocycles. The number of aromatic nitrogens is 1. The second-order valence-corrected chi connectivity index (χ2v) is 3.97. The fourth-order valence-corrected chi connectivity index (χ4v) is 2.18. The first-order chi connectivity index (χ1) is 9.04. The number of benzene rings is 1. The van der Waals surface area contributed by atoms with Crippen LogP contribution in [-0.2, 0) is 7.05 Å². The Kier molecular flexibility index (Phi) is 3.16. The Hall–Kier alpha value is -2.50. The van der Waals surface area contributed by atoms with Crippen LogP contribution in [0, 0.1) is 0 Å². The molecule has 2 rings (SSSR count). The van der Waals surface area contributed by atoms with Crippen LogP contribution in [0.15, 0.2) is 12.1 Å². The van der Waals surface area contributed by atoms with Gasteiger partial charge in [-0.1, -0.05) is 0 Å². The fraction of sp³-hybridized carbons (Fsp3) is 0.231. The zero-order chi connectivity index (χ0) is 14.2. The molecule has 6 nitrogen and oxygen atoms in total. The number of ether oxygens (including phenoxy) is 2. The Balaban J connectivity index is 2.98. The van der Waals surface area contributed by atoms with Gasteiger partial charge in [0.05, 0.1) is 30.7 Å². The van der Waals surface area contributed by atoms with Crippen LogP contribution in [0.4, 0.5) is 0 Å². The summed E-state index contributed by atoms with van der Waals surface area (Å²) in [6.45, 7) is 0. The maximum Gasteiger partial charge on any atom is 0.353 e. The number of aromatic carboxylic acids is 1. The van der Waals surface area contributed by atoms with E-state index in [4.69, 9.17) is 9.47 Å². The Bertz CT molecular complexity index is 671. The fourth-order valence-electron chi connectivity index (χ4n) is 2.18. The van der Waals surface area contributed by atoms with Gasteiger partial charge in [0.1, 0.15) is 17.2 Å². The molecule has 1 aromatic carbocycles. The lowest BCUT2D eigenvalue weighted by Gasteiger charge is -2.07. The van der Waals surface area contributed by atoms with Crippen LogP contribution in [0.2, 0.25) is 0 Å². The molecule has 1 heterocycles. The summed E-state index contributed by atoms with van der Waals surface area (Å²) in [7, 11) is 4.54. The highest BCUT2D eigenvalue weighted by molar-refractivity contribution is 6.10. The molecule has 0 spiro atoms. The van der Waals surface area contributed by atoms with Crippen molar-refractivity contribution in [3.8, 4) is 11.5 Å². The Labute approximate surface area is 109 Å². The van der Waals surface area contributed by atoms with Crippen molar-refractivity contribution in [2.45, 2.75) is 0 Å². The highest BCUT2D eigenvalue weighted by Crippen LogP contribution is 2.36. The molecule has 0 aliphatic carbocycles. The number of aryl methyl sites for hydroxylation is 1. The molecule has 1 N–H and O–H groups in total. The molecular weight excluding hydrogens is 250 g/mol. The molecule has 0 saturated heterocycles. The van der Waals surface area contributed by atoms with Crippen molar-refractivity contribution >= 4 is 23.2 Å². The van der Waals surface area contributed by atoms with E-state index in [0.717, 1.165) is 0 Å². The topological polar surface area (TPSA) is 77.8 Å². The van der Waals surface area contributed by atoms with Gasteiger partial charge in [0, 0.05) is 19.2 Å². The van der Waals surface area contributed by atoms with Gasteiger partial charge in [-0.3, -0.25) is 4.79 Å². The number of carbonyl (C=O) groups excluding carboxylic acids is 1. The van der Waals surface area contributed by atoms with E-state index in [0.29, 0.717) is 28.7 Å². The van der Waals surface area contributed by atoms with E-state index < -0.39 is 5.97 Å². The number of methoxy groups -OCH3 is 2. The average Bonchev–Trinajstić information content (AvgIpc) is 2.70. The second kappa shape index (κ2) is 4.64. The van der Waals surface area contributed by atoms with E-state index in [1.54, 1.807) is 19.2 Å². The molecule has 0 saturated carbocycles. The third kappa shape index (κ3) is 1.81. The first kappa shape index (κ1) is 12.9. The molecule has 1 aromatic heterocycles. The zero-order valence-corrected chi connectivity index (χ0v) is 10.8. The van der Waals surface area contributed by atoms with Crippen molar-refractivity contribution in [1.29, 1.82) is 0 Å². The molecule has 0 radical (unpaired) electrons. The largest absolute Gasteiger partial charge is 0.497 e. The normalized spacial score (nSPS) is 10.5. The van der Waals surface area contributed by atoms with Crippen molar-refractivity contribution < 1.29 is 24.2 Å². The van der Waals surface area contributed by atoms with Crippen LogP contribution in [-0.4, -0.2) is 36.1 Å². The van der Waals surface area contributed by atoms with Gasteiger partial charge in [-0.05, 0) is 0 Å². The number of hydrogen-bond acceptors (Lipinski definition) is 4. The number of carboxylic acids is 1. The van der Waals surface area contributed by atoms with Gasteiger partial charge in [-0.25, -0.2) is 4.79 Å². The summed E-state index contributed by atoms with van der Waals surface area (Å²) < 4.78 is 11.8. The minimum atomic E-state index is -1.16. The van der Waals surface area contributed by atoms with Crippen molar-refractivity contribution in [1.82, 2.24) is 4.57 Å². The van der Waals surface area contributed by atoms with Gasteiger partial charge in [0.25, 0.3) is 0 Å². The van der Waals surface area contributed by atoms with Crippen LogP contribution < -0.4 is 9.47 Å².